The third-order valence-electron chi connectivity index (χ3n) is 4.62. The fourth-order valence-electron chi connectivity index (χ4n) is 3.29. The predicted molar refractivity (Wildman–Crippen MR) is 85.0 cm³/mol. The zero-order valence-corrected chi connectivity index (χ0v) is 12.9. The van der Waals surface area contributed by atoms with Gasteiger partial charge in [-0.05, 0) is 69.0 Å². The summed E-state index contributed by atoms with van der Waals surface area (Å²) in [7, 11) is 0. The molecule has 21 heavy (non-hydrogen) atoms. The Labute approximate surface area is 128 Å². The normalized spacial score (nSPS) is 21.1. The van der Waals surface area contributed by atoms with Gasteiger partial charge in [0.2, 0.25) is 0 Å². The molecular formula is C18H27NO2. The van der Waals surface area contributed by atoms with Gasteiger partial charge in [0.1, 0.15) is 17.6 Å². The lowest BCUT2D eigenvalue weighted by molar-refractivity contribution is 0.162. The molecule has 1 aromatic rings. The molecule has 0 radical (unpaired) electrons. The lowest BCUT2D eigenvalue weighted by Crippen LogP contribution is -2.34. The van der Waals surface area contributed by atoms with Crippen LogP contribution in [0, 0.1) is 5.92 Å². The van der Waals surface area contributed by atoms with E-state index in [-0.39, 0.29) is 0 Å². The molecule has 0 spiro atoms. The van der Waals surface area contributed by atoms with Gasteiger partial charge in [0.15, 0.2) is 0 Å². The van der Waals surface area contributed by atoms with Crippen molar-refractivity contribution in [2.24, 2.45) is 5.92 Å². The fraction of sp³-hybridized carbons (Fsp3) is 0.667. The number of nitrogens with one attached hydrogen (secondary N) is 1. The third-order valence-corrected chi connectivity index (χ3v) is 4.62. The summed E-state index contributed by atoms with van der Waals surface area (Å²) in [5.74, 6) is 2.69. The van der Waals surface area contributed by atoms with Crippen LogP contribution in [0.1, 0.15) is 44.9 Å². The van der Waals surface area contributed by atoms with Gasteiger partial charge in [0.05, 0.1) is 6.61 Å². The minimum absolute atomic E-state index is 0.361. The van der Waals surface area contributed by atoms with Crippen molar-refractivity contribution in [1.29, 1.82) is 0 Å². The van der Waals surface area contributed by atoms with Crippen LogP contribution in [0.3, 0.4) is 0 Å². The molecule has 0 bridgehead atoms. The van der Waals surface area contributed by atoms with Crippen molar-refractivity contribution in [2.45, 2.75) is 51.0 Å². The first-order chi connectivity index (χ1) is 10.4. The van der Waals surface area contributed by atoms with E-state index in [1.807, 2.05) is 24.3 Å². The molecular weight excluding hydrogens is 262 g/mol. The van der Waals surface area contributed by atoms with Gasteiger partial charge >= 0.3 is 0 Å². The second kappa shape index (κ2) is 7.69. The Hall–Kier alpha value is -1.22. The van der Waals surface area contributed by atoms with Crippen LogP contribution in [0.4, 0.5) is 0 Å². The topological polar surface area (TPSA) is 30.5 Å². The molecule has 3 rings (SSSR count). The highest BCUT2D eigenvalue weighted by Gasteiger charge is 2.15. The number of rotatable bonds is 5. The van der Waals surface area contributed by atoms with E-state index in [9.17, 15) is 0 Å². The van der Waals surface area contributed by atoms with Crippen LogP contribution in [0.25, 0.3) is 0 Å². The van der Waals surface area contributed by atoms with Crippen molar-refractivity contribution in [3.05, 3.63) is 24.3 Å². The zero-order chi connectivity index (χ0) is 14.3. The van der Waals surface area contributed by atoms with Crippen molar-refractivity contribution < 1.29 is 9.47 Å². The molecule has 0 amide bonds. The van der Waals surface area contributed by atoms with E-state index in [0.717, 1.165) is 50.0 Å². The van der Waals surface area contributed by atoms with Gasteiger partial charge in [0, 0.05) is 0 Å². The summed E-state index contributed by atoms with van der Waals surface area (Å²) in [6, 6.07) is 8.16. The Morgan fingerprint density at radius 2 is 1.52 bits per heavy atom. The Kier molecular flexibility index (Phi) is 5.39. The number of benzene rings is 1. The van der Waals surface area contributed by atoms with Gasteiger partial charge < -0.3 is 14.8 Å². The summed E-state index contributed by atoms with van der Waals surface area (Å²) in [6.45, 7) is 3.00. The van der Waals surface area contributed by atoms with E-state index in [1.165, 1.54) is 32.1 Å². The van der Waals surface area contributed by atoms with Crippen LogP contribution in [0.5, 0.6) is 11.5 Å². The van der Waals surface area contributed by atoms with Crippen LogP contribution < -0.4 is 14.8 Å². The summed E-state index contributed by atoms with van der Waals surface area (Å²) in [4.78, 5) is 0. The van der Waals surface area contributed by atoms with Gasteiger partial charge in [-0.25, -0.2) is 0 Å². The SMILES string of the molecule is c1cc(OC2CCNCC2)ccc1OCC1CCCCC1. The zero-order valence-electron chi connectivity index (χ0n) is 12.9. The van der Waals surface area contributed by atoms with Crippen LogP contribution in [-0.2, 0) is 0 Å². The van der Waals surface area contributed by atoms with Gasteiger partial charge in [-0.3, -0.25) is 0 Å². The highest BCUT2D eigenvalue weighted by molar-refractivity contribution is 5.31. The summed E-state index contributed by atoms with van der Waals surface area (Å²) < 4.78 is 11.9. The minimum atomic E-state index is 0.361. The van der Waals surface area contributed by atoms with Crippen molar-refractivity contribution in [3.8, 4) is 11.5 Å². The molecule has 1 saturated heterocycles. The summed E-state index contributed by atoms with van der Waals surface area (Å²) in [6.07, 6.45) is 9.36. The largest absolute Gasteiger partial charge is 0.493 e. The van der Waals surface area contributed by atoms with Gasteiger partial charge in [-0.15, -0.1) is 0 Å². The number of hydrogen-bond acceptors (Lipinski definition) is 3. The van der Waals surface area contributed by atoms with Gasteiger partial charge in [-0.1, -0.05) is 19.3 Å². The molecule has 0 aromatic heterocycles. The first-order valence-electron chi connectivity index (χ1n) is 8.50. The Morgan fingerprint density at radius 1 is 0.857 bits per heavy atom. The summed E-state index contributed by atoms with van der Waals surface area (Å²) >= 11 is 0. The average molecular weight is 289 g/mol. The Bertz CT molecular complexity index is 406. The van der Waals surface area contributed by atoms with E-state index in [0.29, 0.717) is 6.10 Å². The van der Waals surface area contributed by atoms with E-state index in [2.05, 4.69) is 5.32 Å². The number of ether oxygens (including phenoxy) is 2. The maximum Gasteiger partial charge on any atom is 0.119 e. The van der Waals surface area contributed by atoms with Crippen LogP contribution in [0.2, 0.25) is 0 Å². The van der Waals surface area contributed by atoms with Crippen molar-refractivity contribution in [3.63, 3.8) is 0 Å². The molecule has 0 unspecified atom stereocenters. The molecule has 1 aliphatic carbocycles. The lowest BCUT2D eigenvalue weighted by Gasteiger charge is -2.24. The smallest absolute Gasteiger partial charge is 0.119 e. The molecule has 1 heterocycles. The molecule has 1 N–H and O–H groups in total. The standard InChI is InChI=1S/C18H27NO2/c1-2-4-15(5-3-1)14-20-16-6-8-17(9-7-16)21-18-10-12-19-13-11-18/h6-9,15,18-19H,1-5,10-14H2. The molecule has 3 heteroatoms. The molecule has 3 nitrogen and oxygen atoms in total. The average Bonchev–Trinajstić information content (AvgIpc) is 2.56. The van der Waals surface area contributed by atoms with Crippen molar-refractivity contribution in [1.82, 2.24) is 5.32 Å². The molecule has 2 aliphatic rings. The molecule has 2 fully saturated rings. The highest BCUT2D eigenvalue weighted by atomic mass is 16.5. The first-order valence-corrected chi connectivity index (χ1v) is 8.50. The van der Waals surface area contributed by atoms with Crippen LogP contribution in [0.15, 0.2) is 24.3 Å². The minimum Gasteiger partial charge on any atom is -0.493 e. The van der Waals surface area contributed by atoms with E-state index >= 15 is 0 Å². The Morgan fingerprint density at radius 3 is 2.24 bits per heavy atom. The second-order valence-electron chi connectivity index (χ2n) is 6.35. The fourth-order valence-corrected chi connectivity index (χ4v) is 3.29. The second-order valence-corrected chi connectivity index (χ2v) is 6.35. The highest BCUT2D eigenvalue weighted by Crippen LogP contribution is 2.25. The van der Waals surface area contributed by atoms with E-state index in [1.54, 1.807) is 0 Å². The Balaban J connectivity index is 1.44. The summed E-state index contributed by atoms with van der Waals surface area (Å²) in [5.41, 5.74) is 0. The van der Waals surface area contributed by atoms with Gasteiger partial charge in [0.25, 0.3) is 0 Å². The molecule has 1 aromatic carbocycles. The van der Waals surface area contributed by atoms with Gasteiger partial charge in [-0.2, -0.15) is 0 Å². The number of hydrogen-bond donors (Lipinski definition) is 1. The van der Waals surface area contributed by atoms with Crippen LogP contribution in [-0.4, -0.2) is 25.8 Å². The summed E-state index contributed by atoms with van der Waals surface area (Å²) in [5, 5.41) is 3.36. The molecule has 1 saturated carbocycles. The molecule has 116 valence electrons. The van der Waals surface area contributed by atoms with Crippen molar-refractivity contribution in [2.75, 3.05) is 19.7 Å². The van der Waals surface area contributed by atoms with Crippen LogP contribution >= 0.6 is 0 Å². The van der Waals surface area contributed by atoms with E-state index < -0.39 is 0 Å². The van der Waals surface area contributed by atoms with E-state index in [4.69, 9.17) is 9.47 Å². The molecule has 1 aliphatic heterocycles. The molecule has 0 atom stereocenters. The predicted octanol–water partition coefficient (Wildman–Crippen LogP) is 3.78. The third kappa shape index (κ3) is 4.63. The first kappa shape index (κ1) is 14.7. The lowest BCUT2D eigenvalue weighted by atomic mass is 9.90. The quantitative estimate of drug-likeness (QED) is 0.895. The van der Waals surface area contributed by atoms with Crippen molar-refractivity contribution >= 4 is 0 Å². The number of piperidine rings is 1. The monoisotopic (exact) mass is 289 g/mol. The maximum atomic E-state index is 6.01. The maximum absolute atomic E-state index is 6.01.